The van der Waals surface area contributed by atoms with Crippen LogP contribution in [0, 0.1) is 0 Å². The molecule has 114 valence electrons. The Labute approximate surface area is 117 Å². The lowest BCUT2D eigenvalue weighted by molar-refractivity contribution is -0.154. The smallest absolute Gasteiger partial charge is 0.334 e. The van der Waals surface area contributed by atoms with Crippen LogP contribution in [-0.4, -0.2) is 92.1 Å². The van der Waals surface area contributed by atoms with Gasteiger partial charge in [0, 0.05) is 32.7 Å². The molecule has 1 atom stereocenters. The quantitative estimate of drug-likeness (QED) is 0.676. The second-order valence-electron chi connectivity index (χ2n) is 4.83. The topological polar surface area (TPSA) is 91.3 Å². The highest BCUT2D eigenvalue weighted by molar-refractivity contribution is 5.77. The first kappa shape index (κ1) is 15.0. The summed E-state index contributed by atoms with van der Waals surface area (Å²) < 4.78 is 10.3. The van der Waals surface area contributed by atoms with Crippen molar-refractivity contribution in [2.45, 2.75) is 6.10 Å². The van der Waals surface area contributed by atoms with Gasteiger partial charge in [0.25, 0.3) is 0 Å². The third-order valence-corrected chi connectivity index (χ3v) is 3.44. The molecule has 2 N–H and O–H groups in total. The summed E-state index contributed by atoms with van der Waals surface area (Å²) in [5.41, 5.74) is 0. The average molecular weight is 287 g/mol. The van der Waals surface area contributed by atoms with E-state index >= 15 is 0 Å². The first-order valence-corrected chi connectivity index (χ1v) is 6.84. The Morgan fingerprint density at radius 2 is 1.95 bits per heavy atom. The molecule has 0 saturated carbocycles. The SMILES string of the molecule is O=C(O)C1CN(C(=O)NCCN2CCOCC2)CCO1. The van der Waals surface area contributed by atoms with Gasteiger partial charge in [-0.05, 0) is 0 Å². The van der Waals surface area contributed by atoms with Crippen molar-refractivity contribution in [1.82, 2.24) is 15.1 Å². The summed E-state index contributed by atoms with van der Waals surface area (Å²) in [6.45, 7) is 5.34. The fourth-order valence-corrected chi connectivity index (χ4v) is 2.24. The Kier molecular flexibility index (Phi) is 5.57. The number of carbonyl (C=O) groups excluding carboxylic acids is 1. The molecule has 0 aliphatic carbocycles. The Hall–Kier alpha value is -1.38. The zero-order valence-corrected chi connectivity index (χ0v) is 11.4. The highest BCUT2D eigenvalue weighted by Gasteiger charge is 2.28. The summed E-state index contributed by atoms with van der Waals surface area (Å²) in [7, 11) is 0. The molecule has 0 aromatic heterocycles. The number of hydrogen-bond donors (Lipinski definition) is 2. The number of hydrogen-bond acceptors (Lipinski definition) is 5. The fraction of sp³-hybridized carbons (Fsp3) is 0.833. The second kappa shape index (κ2) is 7.41. The van der Waals surface area contributed by atoms with Gasteiger partial charge >= 0.3 is 12.0 Å². The van der Waals surface area contributed by atoms with Crippen molar-refractivity contribution in [3.8, 4) is 0 Å². The number of amides is 2. The van der Waals surface area contributed by atoms with Crippen LogP contribution in [0.25, 0.3) is 0 Å². The number of carbonyl (C=O) groups is 2. The van der Waals surface area contributed by atoms with E-state index in [4.69, 9.17) is 14.6 Å². The van der Waals surface area contributed by atoms with Gasteiger partial charge in [-0.2, -0.15) is 0 Å². The van der Waals surface area contributed by atoms with Crippen molar-refractivity contribution in [1.29, 1.82) is 0 Å². The first-order chi connectivity index (χ1) is 9.66. The van der Waals surface area contributed by atoms with E-state index in [9.17, 15) is 9.59 Å². The van der Waals surface area contributed by atoms with Crippen LogP contribution in [0.5, 0.6) is 0 Å². The average Bonchev–Trinajstić information content (AvgIpc) is 2.48. The summed E-state index contributed by atoms with van der Waals surface area (Å²) in [6, 6.07) is -0.229. The standard InChI is InChI=1S/C12H21N3O5/c16-11(17)10-9-15(5-8-20-10)12(18)13-1-2-14-3-6-19-7-4-14/h10H,1-9H2,(H,13,18)(H,16,17). The van der Waals surface area contributed by atoms with Gasteiger partial charge in [-0.15, -0.1) is 0 Å². The zero-order chi connectivity index (χ0) is 14.4. The van der Waals surface area contributed by atoms with E-state index in [2.05, 4.69) is 10.2 Å². The van der Waals surface area contributed by atoms with Crippen LogP contribution in [-0.2, 0) is 14.3 Å². The number of nitrogens with one attached hydrogen (secondary N) is 1. The highest BCUT2D eigenvalue weighted by Crippen LogP contribution is 2.05. The minimum absolute atomic E-state index is 0.0960. The summed E-state index contributed by atoms with van der Waals surface area (Å²) in [5, 5.41) is 11.7. The molecule has 2 saturated heterocycles. The Morgan fingerprint density at radius 1 is 1.20 bits per heavy atom. The lowest BCUT2D eigenvalue weighted by Gasteiger charge is -2.31. The van der Waals surface area contributed by atoms with Crippen LogP contribution in [0.15, 0.2) is 0 Å². The van der Waals surface area contributed by atoms with Gasteiger partial charge in [-0.25, -0.2) is 9.59 Å². The minimum Gasteiger partial charge on any atom is -0.479 e. The lowest BCUT2D eigenvalue weighted by Crippen LogP contribution is -2.52. The first-order valence-electron chi connectivity index (χ1n) is 6.84. The zero-order valence-electron chi connectivity index (χ0n) is 11.4. The third kappa shape index (κ3) is 4.32. The van der Waals surface area contributed by atoms with Crippen molar-refractivity contribution in [2.24, 2.45) is 0 Å². The molecule has 0 bridgehead atoms. The van der Waals surface area contributed by atoms with E-state index in [0.29, 0.717) is 13.1 Å². The predicted octanol–water partition coefficient (Wildman–Crippen LogP) is -1.19. The number of nitrogens with zero attached hydrogens (tertiary/aromatic N) is 2. The molecule has 1 unspecified atom stereocenters. The van der Waals surface area contributed by atoms with E-state index in [-0.39, 0.29) is 19.2 Å². The number of carboxylic acid groups (broad SMARTS) is 1. The molecule has 0 aromatic carbocycles. The van der Waals surface area contributed by atoms with Gasteiger partial charge < -0.3 is 24.8 Å². The van der Waals surface area contributed by atoms with E-state index in [1.807, 2.05) is 0 Å². The van der Waals surface area contributed by atoms with Crippen LogP contribution < -0.4 is 5.32 Å². The molecule has 2 aliphatic rings. The number of rotatable bonds is 4. The molecule has 8 nitrogen and oxygen atoms in total. The van der Waals surface area contributed by atoms with E-state index in [0.717, 1.165) is 32.8 Å². The maximum Gasteiger partial charge on any atom is 0.334 e. The van der Waals surface area contributed by atoms with E-state index < -0.39 is 12.1 Å². The number of urea groups is 1. The second-order valence-corrected chi connectivity index (χ2v) is 4.83. The Morgan fingerprint density at radius 3 is 2.65 bits per heavy atom. The summed E-state index contributed by atoms with van der Waals surface area (Å²) in [4.78, 5) is 26.5. The summed E-state index contributed by atoms with van der Waals surface area (Å²) in [6.07, 6.45) is -0.922. The molecule has 2 amide bonds. The molecule has 0 aromatic rings. The van der Waals surface area contributed by atoms with Crippen LogP contribution in [0.3, 0.4) is 0 Å². The molecule has 2 rings (SSSR count). The monoisotopic (exact) mass is 287 g/mol. The van der Waals surface area contributed by atoms with Gasteiger partial charge in [-0.3, -0.25) is 4.90 Å². The third-order valence-electron chi connectivity index (χ3n) is 3.44. The summed E-state index contributed by atoms with van der Waals surface area (Å²) in [5.74, 6) is -1.03. The minimum atomic E-state index is -1.03. The number of carboxylic acids is 1. The molecule has 0 radical (unpaired) electrons. The lowest BCUT2D eigenvalue weighted by atomic mass is 10.3. The highest BCUT2D eigenvalue weighted by atomic mass is 16.5. The Balaban J connectivity index is 1.67. The number of aliphatic carboxylic acids is 1. The van der Waals surface area contributed by atoms with Gasteiger partial charge in [0.15, 0.2) is 6.10 Å². The molecule has 2 aliphatic heterocycles. The number of morpholine rings is 2. The molecule has 2 fully saturated rings. The predicted molar refractivity (Wildman–Crippen MR) is 69.6 cm³/mol. The van der Waals surface area contributed by atoms with Crippen LogP contribution in [0.1, 0.15) is 0 Å². The maximum absolute atomic E-state index is 11.9. The van der Waals surface area contributed by atoms with Gasteiger partial charge in [0.1, 0.15) is 0 Å². The molecule has 20 heavy (non-hydrogen) atoms. The summed E-state index contributed by atoms with van der Waals surface area (Å²) >= 11 is 0. The van der Waals surface area contributed by atoms with Gasteiger partial charge in [-0.1, -0.05) is 0 Å². The van der Waals surface area contributed by atoms with Gasteiger partial charge in [0.05, 0.1) is 26.4 Å². The molecular formula is C12H21N3O5. The van der Waals surface area contributed by atoms with Crippen LogP contribution in [0.2, 0.25) is 0 Å². The van der Waals surface area contributed by atoms with Gasteiger partial charge in [0.2, 0.25) is 0 Å². The van der Waals surface area contributed by atoms with Crippen molar-refractivity contribution < 1.29 is 24.2 Å². The molecule has 0 spiro atoms. The van der Waals surface area contributed by atoms with Crippen LogP contribution >= 0.6 is 0 Å². The van der Waals surface area contributed by atoms with E-state index in [1.54, 1.807) is 0 Å². The van der Waals surface area contributed by atoms with Crippen molar-refractivity contribution in [2.75, 3.05) is 59.1 Å². The normalized spacial score (nSPS) is 24.4. The van der Waals surface area contributed by atoms with Crippen molar-refractivity contribution >= 4 is 12.0 Å². The largest absolute Gasteiger partial charge is 0.479 e. The van der Waals surface area contributed by atoms with Crippen LogP contribution in [0.4, 0.5) is 4.79 Å². The van der Waals surface area contributed by atoms with E-state index in [1.165, 1.54) is 4.90 Å². The van der Waals surface area contributed by atoms with Crippen molar-refractivity contribution in [3.05, 3.63) is 0 Å². The Bertz CT molecular complexity index is 346. The fourth-order valence-electron chi connectivity index (χ4n) is 2.24. The molecule has 8 heteroatoms. The molecule has 2 heterocycles. The molecular weight excluding hydrogens is 266 g/mol. The maximum atomic E-state index is 11.9. The van der Waals surface area contributed by atoms with Crippen molar-refractivity contribution in [3.63, 3.8) is 0 Å². The number of ether oxygens (including phenoxy) is 2.